The first-order valence-corrected chi connectivity index (χ1v) is 11.6. The van der Waals surface area contributed by atoms with Gasteiger partial charge in [-0.05, 0) is 31.2 Å². The molecular weight excluding hydrogens is 414 g/mol. The Morgan fingerprint density at radius 1 is 1.13 bits per heavy atom. The second-order valence-electron chi connectivity index (χ2n) is 7.03. The number of anilines is 1. The molecule has 0 saturated carbocycles. The van der Waals surface area contributed by atoms with Gasteiger partial charge in [0.2, 0.25) is 0 Å². The first-order valence-electron chi connectivity index (χ1n) is 9.68. The number of rotatable bonds is 4. The van der Waals surface area contributed by atoms with Crippen molar-refractivity contribution in [2.24, 2.45) is 0 Å². The lowest BCUT2D eigenvalue weighted by atomic mass is 10.1. The van der Waals surface area contributed by atoms with Gasteiger partial charge in [0.05, 0.1) is 5.69 Å². The van der Waals surface area contributed by atoms with Crippen LogP contribution < -0.4 is 4.90 Å². The van der Waals surface area contributed by atoms with E-state index in [4.69, 9.17) is 4.42 Å². The monoisotopic (exact) mass is 433 g/mol. The highest BCUT2D eigenvalue weighted by atomic mass is 32.2. The number of thioether (sulfide) groups is 2. The Kier molecular flexibility index (Phi) is 5.23. The molecule has 0 radical (unpaired) electrons. The molecule has 30 heavy (non-hydrogen) atoms. The van der Waals surface area contributed by atoms with Crippen LogP contribution in [0.5, 0.6) is 0 Å². The van der Waals surface area contributed by atoms with Gasteiger partial charge in [0.1, 0.15) is 5.58 Å². The van der Waals surface area contributed by atoms with Crippen molar-refractivity contribution in [2.75, 3.05) is 10.7 Å². The number of aromatic nitrogens is 2. The molecule has 150 valence electrons. The van der Waals surface area contributed by atoms with Crippen LogP contribution in [0, 0.1) is 0 Å². The fourth-order valence-corrected chi connectivity index (χ4v) is 5.52. The molecule has 4 aromatic rings. The fourth-order valence-electron chi connectivity index (χ4n) is 3.63. The lowest BCUT2D eigenvalue weighted by Crippen LogP contribution is -2.42. The van der Waals surface area contributed by atoms with Crippen LogP contribution in [0.2, 0.25) is 0 Å². The summed E-state index contributed by atoms with van der Waals surface area (Å²) in [5.74, 6) is 1.70. The summed E-state index contributed by atoms with van der Waals surface area (Å²) in [6.45, 7) is 2.08. The zero-order valence-electron chi connectivity index (χ0n) is 16.3. The van der Waals surface area contributed by atoms with E-state index in [0.717, 1.165) is 32.9 Å². The fraction of sp³-hybridized carbons (Fsp3) is 0.174. The molecular formula is C23H19N3O2S2. The van der Waals surface area contributed by atoms with Gasteiger partial charge in [-0.1, -0.05) is 42.1 Å². The molecule has 0 N–H and O–H groups in total. The summed E-state index contributed by atoms with van der Waals surface area (Å²) in [7, 11) is 0. The van der Waals surface area contributed by atoms with Crippen molar-refractivity contribution in [3.63, 3.8) is 0 Å². The number of para-hydroxylation sites is 2. The summed E-state index contributed by atoms with van der Waals surface area (Å²) in [6, 6.07) is 17.7. The maximum Gasteiger partial charge on any atom is 0.294 e. The first kappa shape index (κ1) is 19.2. The Morgan fingerprint density at radius 3 is 2.77 bits per heavy atom. The number of carbonyl (C=O) groups is 1. The molecule has 1 aliphatic rings. The maximum absolute atomic E-state index is 13.8. The standard InChI is InChI=1S/C23H19N3O2S2/c1-15-13-29-20-10-5-3-8-18(20)26(15)22(27)21-17(14-30-23-24-11-6-12-25-23)16-7-2-4-9-19(16)28-21/h2-12,15H,13-14H2,1H3/t15-/m0/s1. The number of furan rings is 1. The number of carbonyl (C=O) groups excluding carboxylic acids is 1. The predicted octanol–water partition coefficient (Wildman–Crippen LogP) is 5.66. The van der Waals surface area contributed by atoms with Gasteiger partial charge in [0, 0.05) is 45.8 Å². The van der Waals surface area contributed by atoms with Gasteiger partial charge in [-0.15, -0.1) is 11.8 Å². The van der Waals surface area contributed by atoms with Crippen molar-refractivity contribution < 1.29 is 9.21 Å². The minimum absolute atomic E-state index is 0.0728. The quantitative estimate of drug-likeness (QED) is 0.306. The Labute approximate surface area is 182 Å². The topological polar surface area (TPSA) is 59.2 Å². The molecule has 0 bridgehead atoms. The second kappa shape index (κ2) is 8.16. The molecule has 2 aromatic carbocycles. The lowest BCUT2D eigenvalue weighted by Gasteiger charge is -2.34. The zero-order valence-corrected chi connectivity index (χ0v) is 18.0. The van der Waals surface area contributed by atoms with Crippen molar-refractivity contribution in [1.29, 1.82) is 0 Å². The van der Waals surface area contributed by atoms with E-state index in [1.807, 2.05) is 47.4 Å². The van der Waals surface area contributed by atoms with Gasteiger partial charge in [-0.3, -0.25) is 4.79 Å². The largest absolute Gasteiger partial charge is 0.451 e. The molecule has 0 aliphatic carbocycles. The molecule has 5 nitrogen and oxygen atoms in total. The number of fused-ring (bicyclic) bond motifs is 2. The van der Waals surface area contributed by atoms with Crippen molar-refractivity contribution in [2.45, 2.75) is 28.8 Å². The van der Waals surface area contributed by atoms with Gasteiger partial charge in [-0.25, -0.2) is 9.97 Å². The number of benzene rings is 2. The van der Waals surface area contributed by atoms with Crippen LogP contribution in [0.3, 0.4) is 0 Å². The molecule has 2 aromatic heterocycles. The third-order valence-electron chi connectivity index (χ3n) is 5.04. The average Bonchev–Trinajstić information content (AvgIpc) is 3.16. The minimum atomic E-state index is -0.101. The zero-order chi connectivity index (χ0) is 20.5. The molecule has 5 rings (SSSR count). The Bertz CT molecular complexity index is 1210. The highest BCUT2D eigenvalue weighted by Crippen LogP contribution is 2.39. The summed E-state index contributed by atoms with van der Waals surface area (Å²) in [4.78, 5) is 25.3. The molecule has 0 unspecified atom stereocenters. The van der Waals surface area contributed by atoms with E-state index < -0.39 is 0 Å². The molecule has 1 atom stereocenters. The summed E-state index contributed by atoms with van der Waals surface area (Å²) in [5, 5.41) is 1.63. The van der Waals surface area contributed by atoms with Crippen molar-refractivity contribution >= 4 is 46.1 Å². The van der Waals surface area contributed by atoms with Gasteiger partial charge in [0.25, 0.3) is 5.91 Å². The summed E-state index contributed by atoms with van der Waals surface area (Å²) >= 11 is 3.29. The van der Waals surface area contributed by atoms with Crippen molar-refractivity contribution in [3.05, 3.63) is 78.3 Å². The molecule has 0 saturated heterocycles. The molecule has 7 heteroatoms. The number of nitrogens with zero attached hydrogens (tertiary/aromatic N) is 3. The molecule has 3 heterocycles. The Balaban J connectivity index is 1.56. The minimum Gasteiger partial charge on any atom is -0.451 e. The van der Waals surface area contributed by atoms with E-state index >= 15 is 0 Å². The normalized spacial score (nSPS) is 15.9. The maximum atomic E-state index is 13.8. The lowest BCUT2D eigenvalue weighted by molar-refractivity contribution is 0.0954. The highest BCUT2D eigenvalue weighted by molar-refractivity contribution is 7.99. The van der Waals surface area contributed by atoms with E-state index in [-0.39, 0.29) is 11.9 Å². The van der Waals surface area contributed by atoms with Crippen LogP contribution in [-0.2, 0) is 5.75 Å². The Hall–Kier alpha value is -2.77. The predicted molar refractivity (Wildman–Crippen MR) is 121 cm³/mol. The van der Waals surface area contributed by atoms with Gasteiger partial charge in [0.15, 0.2) is 10.9 Å². The number of hydrogen-bond donors (Lipinski definition) is 0. The summed E-state index contributed by atoms with van der Waals surface area (Å²) < 4.78 is 6.11. The van der Waals surface area contributed by atoms with Crippen LogP contribution in [0.4, 0.5) is 5.69 Å². The smallest absolute Gasteiger partial charge is 0.294 e. The van der Waals surface area contributed by atoms with Crippen LogP contribution in [0.25, 0.3) is 11.0 Å². The number of amides is 1. The van der Waals surface area contributed by atoms with Gasteiger partial charge >= 0.3 is 0 Å². The number of hydrogen-bond acceptors (Lipinski definition) is 6. The first-order chi connectivity index (χ1) is 14.7. The van der Waals surface area contributed by atoms with Crippen LogP contribution in [0.15, 0.2) is 81.5 Å². The molecule has 1 amide bonds. The van der Waals surface area contributed by atoms with E-state index in [0.29, 0.717) is 16.7 Å². The third kappa shape index (κ3) is 3.48. The van der Waals surface area contributed by atoms with Gasteiger partial charge < -0.3 is 9.32 Å². The summed E-state index contributed by atoms with van der Waals surface area (Å²) in [6.07, 6.45) is 3.44. The van der Waals surface area contributed by atoms with Crippen molar-refractivity contribution in [1.82, 2.24) is 9.97 Å². The van der Waals surface area contributed by atoms with E-state index in [2.05, 4.69) is 23.0 Å². The summed E-state index contributed by atoms with van der Waals surface area (Å²) in [5.41, 5.74) is 2.55. The van der Waals surface area contributed by atoms with E-state index in [1.54, 1.807) is 30.2 Å². The average molecular weight is 434 g/mol. The highest BCUT2D eigenvalue weighted by Gasteiger charge is 2.33. The van der Waals surface area contributed by atoms with E-state index in [9.17, 15) is 4.79 Å². The molecule has 1 aliphatic heterocycles. The van der Waals surface area contributed by atoms with Gasteiger partial charge in [-0.2, -0.15) is 0 Å². The molecule has 0 fully saturated rings. The second-order valence-corrected chi connectivity index (χ2v) is 9.03. The van der Waals surface area contributed by atoms with Crippen molar-refractivity contribution in [3.8, 4) is 0 Å². The molecule has 0 spiro atoms. The SMILES string of the molecule is C[C@H]1CSc2ccccc2N1C(=O)c1oc2ccccc2c1CSc1ncccn1. The van der Waals surface area contributed by atoms with Crippen LogP contribution in [0.1, 0.15) is 23.0 Å². The third-order valence-corrected chi connectivity index (χ3v) is 7.25. The van der Waals surface area contributed by atoms with Crippen LogP contribution in [-0.4, -0.2) is 27.7 Å². The Morgan fingerprint density at radius 2 is 1.90 bits per heavy atom. The van der Waals surface area contributed by atoms with Crippen LogP contribution >= 0.6 is 23.5 Å². The van der Waals surface area contributed by atoms with E-state index in [1.165, 1.54) is 11.8 Å².